The molecule has 0 aliphatic carbocycles. The summed E-state index contributed by atoms with van der Waals surface area (Å²) in [7, 11) is 3.36. The first-order valence-electron chi connectivity index (χ1n) is 12.9. The minimum Gasteiger partial charge on any atom is -0.494 e. The molecule has 0 fully saturated rings. The summed E-state index contributed by atoms with van der Waals surface area (Å²) in [5.74, 6) is 2.15. The number of fused-ring (bicyclic) bond motifs is 2. The number of non-ortho nitro benzene ring substituents is 1. The second kappa shape index (κ2) is 11.5. The summed E-state index contributed by atoms with van der Waals surface area (Å²) in [4.78, 5) is 13.0. The third-order valence-electron chi connectivity index (χ3n) is 7.31. The summed E-state index contributed by atoms with van der Waals surface area (Å²) >= 11 is 0. The molecular formula is C31H32N2O5. The van der Waals surface area contributed by atoms with Crippen LogP contribution in [0.4, 0.5) is 5.69 Å². The molecule has 38 heavy (non-hydrogen) atoms. The Hall–Kier alpha value is -4.10. The van der Waals surface area contributed by atoms with Gasteiger partial charge >= 0.3 is 0 Å². The maximum Gasteiger partial charge on any atom is 0.269 e. The zero-order valence-electron chi connectivity index (χ0n) is 21.8. The van der Waals surface area contributed by atoms with Crippen molar-refractivity contribution in [2.45, 2.75) is 25.3 Å². The highest BCUT2D eigenvalue weighted by atomic mass is 16.6. The quantitative estimate of drug-likeness (QED) is 0.140. The van der Waals surface area contributed by atoms with Crippen LogP contribution < -0.4 is 14.2 Å². The molecule has 7 heteroatoms. The highest BCUT2D eigenvalue weighted by molar-refractivity contribution is 5.85. The summed E-state index contributed by atoms with van der Waals surface area (Å²) in [6, 6.07) is 25.8. The van der Waals surface area contributed by atoms with Gasteiger partial charge in [-0.05, 0) is 71.0 Å². The van der Waals surface area contributed by atoms with Crippen molar-refractivity contribution in [3.05, 3.63) is 106 Å². The van der Waals surface area contributed by atoms with Crippen LogP contribution in [-0.2, 0) is 12.8 Å². The van der Waals surface area contributed by atoms with Crippen LogP contribution in [0, 0.1) is 10.1 Å². The van der Waals surface area contributed by atoms with Crippen molar-refractivity contribution in [2.75, 3.05) is 33.9 Å². The summed E-state index contributed by atoms with van der Waals surface area (Å²) in [5.41, 5.74) is 3.96. The first kappa shape index (κ1) is 25.5. The van der Waals surface area contributed by atoms with E-state index in [1.165, 1.54) is 39.6 Å². The van der Waals surface area contributed by atoms with Gasteiger partial charge in [-0.2, -0.15) is 0 Å². The van der Waals surface area contributed by atoms with Gasteiger partial charge in [0.1, 0.15) is 5.75 Å². The Morgan fingerprint density at radius 2 is 1.68 bits per heavy atom. The van der Waals surface area contributed by atoms with Crippen molar-refractivity contribution < 1.29 is 19.1 Å². The first-order valence-corrected chi connectivity index (χ1v) is 12.9. The summed E-state index contributed by atoms with van der Waals surface area (Å²) < 4.78 is 17.2. The van der Waals surface area contributed by atoms with Crippen LogP contribution in [-0.4, -0.2) is 43.7 Å². The van der Waals surface area contributed by atoms with Gasteiger partial charge in [0.15, 0.2) is 11.5 Å². The van der Waals surface area contributed by atoms with Gasteiger partial charge in [-0.25, -0.2) is 0 Å². The lowest BCUT2D eigenvalue weighted by Gasteiger charge is -2.38. The number of benzene rings is 4. The topological polar surface area (TPSA) is 74.1 Å². The molecule has 0 aromatic heterocycles. The van der Waals surface area contributed by atoms with Crippen molar-refractivity contribution in [3.63, 3.8) is 0 Å². The fraction of sp³-hybridized carbons (Fsp3) is 0.290. The number of methoxy groups -OCH3 is 2. The molecule has 4 aromatic carbocycles. The number of rotatable bonds is 10. The maximum atomic E-state index is 10.9. The average molecular weight is 513 g/mol. The molecule has 0 N–H and O–H groups in total. The predicted octanol–water partition coefficient (Wildman–Crippen LogP) is 6.38. The van der Waals surface area contributed by atoms with Crippen LogP contribution >= 0.6 is 0 Å². The van der Waals surface area contributed by atoms with Crippen molar-refractivity contribution in [2.24, 2.45) is 0 Å². The van der Waals surface area contributed by atoms with Gasteiger partial charge < -0.3 is 14.2 Å². The highest BCUT2D eigenvalue weighted by Crippen LogP contribution is 2.40. The normalized spacial score (nSPS) is 15.2. The largest absolute Gasteiger partial charge is 0.494 e. The van der Waals surface area contributed by atoms with Crippen molar-refractivity contribution in [1.29, 1.82) is 0 Å². The van der Waals surface area contributed by atoms with Gasteiger partial charge in [0, 0.05) is 31.3 Å². The van der Waals surface area contributed by atoms with Gasteiger partial charge in [-0.1, -0.05) is 42.5 Å². The molecule has 0 amide bonds. The van der Waals surface area contributed by atoms with Crippen molar-refractivity contribution >= 4 is 16.5 Å². The zero-order valence-corrected chi connectivity index (χ0v) is 21.8. The molecule has 0 spiro atoms. The number of hydrogen-bond acceptors (Lipinski definition) is 6. The number of nitro benzene ring substituents is 1. The lowest BCUT2D eigenvalue weighted by atomic mass is 9.87. The molecule has 0 radical (unpaired) electrons. The average Bonchev–Trinajstić information content (AvgIpc) is 2.95. The van der Waals surface area contributed by atoms with Crippen LogP contribution in [0.2, 0.25) is 0 Å². The Morgan fingerprint density at radius 1 is 0.947 bits per heavy atom. The zero-order chi connectivity index (χ0) is 26.5. The summed E-state index contributed by atoms with van der Waals surface area (Å²) in [6.07, 6.45) is 2.66. The fourth-order valence-corrected chi connectivity index (χ4v) is 5.39. The van der Waals surface area contributed by atoms with Gasteiger partial charge in [0.25, 0.3) is 5.69 Å². The van der Waals surface area contributed by atoms with E-state index in [2.05, 4.69) is 59.5 Å². The molecule has 7 nitrogen and oxygen atoms in total. The number of nitrogens with zero attached hydrogens (tertiary/aromatic N) is 2. The van der Waals surface area contributed by atoms with Gasteiger partial charge in [-0.3, -0.25) is 15.0 Å². The Labute approximate surface area is 222 Å². The lowest BCUT2D eigenvalue weighted by Crippen LogP contribution is -2.38. The molecule has 1 atom stereocenters. The molecule has 4 aromatic rings. The predicted molar refractivity (Wildman–Crippen MR) is 148 cm³/mol. The van der Waals surface area contributed by atoms with Crippen molar-refractivity contribution in [1.82, 2.24) is 4.90 Å². The molecule has 196 valence electrons. The molecule has 1 heterocycles. The van der Waals surface area contributed by atoms with E-state index in [0.717, 1.165) is 43.9 Å². The van der Waals surface area contributed by atoms with E-state index in [0.29, 0.717) is 12.4 Å². The van der Waals surface area contributed by atoms with E-state index >= 15 is 0 Å². The molecule has 0 bridgehead atoms. The number of nitro groups is 1. The van der Waals surface area contributed by atoms with Crippen LogP contribution in [0.3, 0.4) is 0 Å². The van der Waals surface area contributed by atoms with Gasteiger partial charge in [-0.15, -0.1) is 0 Å². The monoisotopic (exact) mass is 512 g/mol. The number of hydrogen-bond donors (Lipinski definition) is 0. The van der Waals surface area contributed by atoms with Gasteiger partial charge in [0.2, 0.25) is 0 Å². The Morgan fingerprint density at radius 3 is 2.45 bits per heavy atom. The minimum atomic E-state index is -0.404. The lowest BCUT2D eigenvalue weighted by molar-refractivity contribution is -0.384. The Balaban J connectivity index is 1.37. The smallest absolute Gasteiger partial charge is 0.269 e. The standard InChI is InChI=1S/C31H32N2O5/c1-36-30-20-24-15-17-32(16-6-18-38-26-13-11-25(12-14-26)33(34)35)29(28(24)21-31(30)37-2)19-23-9-5-8-22-7-3-4-10-27(22)23/h3-5,7-14,20-21,29H,6,15-19H2,1-2H3. The molecular weight excluding hydrogens is 480 g/mol. The molecule has 1 unspecified atom stereocenters. The van der Waals surface area contributed by atoms with Gasteiger partial charge in [0.05, 0.1) is 25.7 Å². The highest BCUT2D eigenvalue weighted by Gasteiger charge is 2.29. The Bertz CT molecular complexity index is 1410. The van der Waals surface area contributed by atoms with Crippen LogP contribution in [0.1, 0.15) is 29.2 Å². The number of ether oxygens (including phenoxy) is 3. The van der Waals surface area contributed by atoms with E-state index in [4.69, 9.17) is 14.2 Å². The van der Waals surface area contributed by atoms with E-state index in [1.54, 1.807) is 26.4 Å². The summed E-state index contributed by atoms with van der Waals surface area (Å²) in [5, 5.41) is 13.4. The van der Waals surface area contributed by atoms with E-state index in [9.17, 15) is 10.1 Å². The van der Waals surface area contributed by atoms with E-state index in [-0.39, 0.29) is 11.7 Å². The molecule has 0 saturated carbocycles. The third kappa shape index (κ3) is 5.43. The maximum absolute atomic E-state index is 10.9. The first-order chi connectivity index (χ1) is 18.6. The molecule has 1 aliphatic rings. The second-order valence-electron chi connectivity index (χ2n) is 9.50. The van der Waals surface area contributed by atoms with E-state index in [1.807, 2.05) is 0 Å². The Kier molecular flexibility index (Phi) is 7.75. The third-order valence-corrected chi connectivity index (χ3v) is 7.31. The van der Waals surface area contributed by atoms with Crippen LogP contribution in [0.15, 0.2) is 78.9 Å². The minimum absolute atomic E-state index is 0.0627. The molecule has 5 rings (SSSR count). The SMILES string of the molecule is COc1cc2c(cc1OC)C(Cc1cccc3ccccc13)N(CCCOc1ccc([N+](=O)[O-])cc1)CC2. The summed E-state index contributed by atoms with van der Waals surface area (Å²) in [6.45, 7) is 2.35. The fourth-order valence-electron chi connectivity index (χ4n) is 5.39. The van der Waals surface area contributed by atoms with Crippen LogP contribution in [0.5, 0.6) is 17.2 Å². The van der Waals surface area contributed by atoms with Crippen LogP contribution in [0.25, 0.3) is 10.8 Å². The van der Waals surface area contributed by atoms with E-state index < -0.39 is 4.92 Å². The second-order valence-corrected chi connectivity index (χ2v) is 9.50. The van der Waals surface area contributed by atoms with Crippen molar-refractivity contribution in [3.8, 4) is 17.2 Å². The molecule has 1 aliphatic heterocycles. The molecule has 0 saturated heterocycles.